The average Bonchev–Trinajstić information content (AvgIpc) is 2.96. The Morgan fingerprint density at radius 1 is 1.25 bits per heavy atom. The molecule has 2 fully saturated rings. The second-order valence-electron chi connectivity index (χ2n) is 5.76. The van der Waals surface area contributed by atoms with Crippen molar-refractivity contribution in [3.8, 4) is 0 Å². The predicted molar refractivity (Wildman–Crippen MR) is 73.1 cm³/mol. The van der Waals surface area contributed by atoms with Gasteiger partial charge in [-0.3, -0.25) is 0 Å². The smallest absolute Gasteiger partial charge is 0.0149 e. The van der Waals surface area contributed by atoms with Crippen molar-refractivity contribution < 1.29 is 0 Å². The van der Waals surface area contributed by atoms with Crippen LogP contribution in [0.1, 0.15) is 33.6 Å². The maximum atomic E-state index is 3.64. The molecule has 16 heavy (non-hydrogen) atoms. The molecule has 2 aliphatic rings. The molecule has 2 rings (SSSR count). The Balaban J connectivity index is 1.66. The van der Waals surface area contributed by atoms with Gasteiger partial charge in [-0.15, -0.1) is 0 Å². The minimum atomic E-state index is 0.795. The van der Waals surface area contributed by atoms with Crippen molar-refractivity contribution in [3.63, 3.8) is 0 Å². The number of nitrogens with zero attached hydrogens (tertiary/aromatic N) is 1. The first-order valence-corrected chi connectivity index (χ1v) is 7.69. The molecule has 1 saturated carbocycles. The quantitative estimate of drug-likeness (QED) is 0.796. The molecule has 0 radical (unpaired) electrons. The summed E-state index contributed by atoms with van der Waals surface area (Å²) in [7, 11) is 0. The van der Waals surface area contributed by atoms with Crippen LogP contribution in [0.5, 0.6) is 0 Å². The van der Waals surface area contributed by atoms with E-state index >= 15 is 0 Å². The summed E-state index contributed by atoms with van der Waals surface area (Å²) in [5.74, 6) is 0.795. The average molecular weight is 242 g/mol. The molecule has 1 heterocycles. The number of hydrogen-bond acceptors (Lipinski definition) is 3. The third-order valence-electron chi connectivity index (χ3n) is 3.40. The van der Waals surface area contributed by atoms with Crippen molar-refractivity contribution in [2.45, 2.75) is 50.2 Å². The van der Waals surface area contributed by atoms with Gasteiger partial charge in [-0.2, -0.15) is 11.8 Å². The molecule has 3 atom stereocenters. The van der Waals surface area contributed by atoms with Gasteiger partial charge in [-0.1, -0.05) is 20.8 Å². The summed E-state index contributed by atoms with van der Waals surface area (Å²) >= 11 is 2.14. The van der Waals surface area contributed by atoms with Crippen LogP contribution in [0.4, 0.5) is 0 Å². The van der Waals surface area contributed by atoms with Crippen LogP contribution in [-0.4, -0.2) is 47.6 Å². The predicted octanol–water partition coefficient (Wildman–Crippen LogP) is 2.20. The van der Waals surface area contributed by atoms with Gasteiger partial charge in [0.25, 0.3) is 0 Å². The summed E-state index contributed by atoms with van der Waals surface area (Å²) in [5, 5.41) is 5.26. The topological polar surface area (TPSA) is 15.3 Å². The van der Waals surface area contributed by atoms with Crippen LogP contribution in [0.3, 0.4) is 0 Å². The minimum Gasteiger partial charge on any atom is -0.314 e. The van der Waals surface area contributed by atoms with E-state index in [0.29, 0.717) is 0 Å². The van der Waals surface area contributed by atoms with E-state index in [4.69, 9.17) is 0 Å². The van der Waals surface area contributed by atoms with E-state index in [1.54, 1.807) is 0 Å². The van der Waals surface area contributed by atoms with Crippen LogP contribution < -0.4 is 5.32 Å². The first-order chi connectivity index (χ1) is 7.63. The maximum Gasteiger partial charge on any atom is 0.0149 e. The molecule has 2 nitrogen and oxygen atoms in total. The summed E-state index contributed by atoms with van der Waals surface area (Å²) in [5.41, 5.74) is 0. The van der Waals surface area contributed by atoms with Gasteiger partial charge in [0.2, 0.25) is 0 Å². The van der Waals surface area contributed by atoms with Crippen LogP contribution in [0.25, 0.3) is 0 Å². The summed E-state index contributed by atoms with van der Waals surface area (Å²) in [6, 6.07) is 0.859. The fourth-order valence-electron chi connectivity index (χ4n) is 2.59. The standard InChI is InChI=1S/C13H26N2S/c1-10(6-14-13-4-5-13)7-15-8-11(2)16-12(3)9-15/h10-14H,4-9H2,1-3H3. The molecule has 94 valence electrons. The van der Waals surface area contributed by atoms with E-state index in [1.165, 1.54) is 39.0 Å². The summed E-state index contributed by atoms with van der Waals surface area (Å²) in [4.78, 5) is 2.66. The van der Waals surface area contributed by atoms with Crippen molar-refractivity contribution in [1.82, 2.24) is 10.2 Å². The third kappa shape index (κ3) is 4.27. The van der Waals surface area contributed by atoms with Gasteiger partial charge in [-0.25, -0.2) is 0 Å². The molecule has 3 heteroatoms. The zero-order valence-corrected chi connectivity index (χ0v) is 11.7. The zero-order valence-electron chi connectivity index (χ0n) is 10.9. The van der Waals surface area contributed by atoms with Gasteiger partial charge in [0.1, 0.15) is 0 Å². The Morgan fingerprint density at radius 2 is 1.88 bits per heavy atom. The van der Waals surface area contributed by atoms with Crippen LogP contribution >= 0.6 is 11.8 Å². The van der Waals surface area contributed by atoms with Crippen LogP contribution in [-0.2, 0) is 0 Å². The molecule has 1 saturated heterocycles. The molecule has 0 bridgehead atoms. The Bertz CT molecular complexity index is 208. The lowest BCUT2D eigenvalue weighted by Crippen LogP contribution is -2.43. The number of hydrogen-bond donors (Lipinski definition) is 1. The van der Waals surface area contributed by atoms with Crippen LogP contribution in [0.2, 0.25) is 0 Å². The Hall–Kier alpha value is 0.270. The number of nitrogens with one attached hydrogen (secondary N) is 1. The molecule has 0 spiro atoms. The second-order valence-corrected chi connectivity index (χ2v) is 7.65. The van der Waals surface area contributed by atoms with E-state index in [1.807, 2.05) is 0 Å². The fraction of sp³-hybridized carbons (Fsp3) is 1.00. The van der Waals surface area contributed by atoms with Crippen molar-refractivity contribution in [2.24, 2.45) is 5.92 Å². The SMILES string of the molecule is CC(CNC1CC1)CN1CC(C)SC(C)C1. The lowest BCUT2D eigenvalue weighted by molar-refractivity contribution is 0.232. The molecule has 0 aromatic carbocycles. The highest BCUT2D eigenvalue weighted by Gasteiger charge is 2.24. The first-order valence-electron chi connectivity index (χ1n) is 6.74. The lowest BCUT2D eigenvalue weighted by atomic mass is 10.1. The van der Waals surface area contributed by atoms with Gasteiger partial charge < -0.3 is 10.2 Å². The minimum absolute atomic E-state index is 0.795. The highest BCUT2D eigenvalue weighted by Crippen LogP contribution is 2.25. The summed E-state index contributed by atoms with van der Waals surface area (Å²) < 4.78 is 0. The van der Waals surface area contributed by atoms with Gasteiger partial charge in [0, 0.05) is 36.2 Å². The highest BCUT2D eigenvalue weighted by molar-refractivity contribution is 8.00. The maximum absolute atomic E-state index is 3.64. The van der Waals surface area contributed by atoms with Crippen molar-refractivity contribution in [2.75, 3.05) is 26.2 Å². The Labute approximate surface area is 105 Å². The molecule has 0 aromatic rings. The van der Waals surface area contributed by atoms with Gasteiger partial charge in [-0.05, 0) is 25.3 Å². The Kier molecular flexibility index (Phi) is 4.57. The normalized spacial score (nSPS) is 33.9. The van der Waals surface area contributed by atoms with Crippen LogP contribution in [0.15, 0.2) is 0 Å². The fourth-order valence-corrected chi connectivity index (χ4v) is 3.98. The lowest BCUT2D eigenvalue weighted by Gasteiger charge is -2.36. The number of rotatable bonds is 5. The molecule has 0 amide bonds. The van der Waals surface area contributed by atoms with E-state index in [-0.39, 0.29) is 0 Å². The number of thioether (sulfide) groups is 1. The highest BCUT2D eigenvalue weighted by atomic mass is 32.2. The first kappa shape index (κ1) is 12.7. The van der Waals surface area contributed by atoms with Crippen molar-refractivity contribution >= 4 is 11.8 Å². The second kappa shape index (κ2) is 5.74. The summed E-state index contributed by atoms with van der Waals surface area (Å²) in [6.45, 7) is 12.1. The van der Waals surface area contributed by atoms with Crippen molar-refractivity contribution in [1.29, 1.82) is 0 Å². The molecular formula is C13H26N2S. The molecule has 0 aromatic heterocycles. The Morgan fingerprint density at radius 3 is 2.44 bits per heavy atom. The van der Waals surface area contributed by atoms with Gasteiger partial charge in [0.15, 0.2) is 0 Å². The van der Waals surface area contributed by atoms with E-state index < -0.39 is 0 Å². The third-order valence-corrected chi connectivity index (χ3v) is 4.62. The molecule has 1 N–H and O–H groups in total. The zero-order chi connectivity index (χ0) is 11.5. The van der Waals surface area contributed by atoms with E-state index in [2.05, 4.69) is 42.7 Å². The van der Waals surface area contributed by atoms with E-state index in [0.717, 1.165) is 22.5 Å². The van der Waals surface area contributed by atoms with Gasteiger partial charge in [0.05, 0.1) is 0 Å². The van der Waals surface area contributed by atoms with Gasteiger partial charge >= 0.3 is 0 Å². The summed E-state index contributed by atoms with van der Waals surface area (Å²) in [6.07, 6.45) is 2.81. The molecule has 1 aliphatic heterocycles. The molecular weight excluding hydrogens is 216 g/mol. The van der Waals surface area contributed by atoms with E-state index in [9.17, 15) is 0 Å². The molecule has 3 unspecified atom stereocenters. The molecule has 1 aliphatic carbocycles. The monoisotopic (exact) mass is 242 g/mol. The van der Waals surface area contributed by atoms with Crippen LogP contribution in [0, 0.1) is 5.92 Å². The van der Waals surface area contributed by atoms with Crippen molar-refractivity contribution in [3.05, 3.63) is 0 Å². The largest absolute Gasteiger partial charge is 0.314 e.